The van der Waals surface area contributed by atoms with E-state index in [4.69, 9.17) is 5.73 Å². The molecule has 0 aromatic heterocycles. The van der Waals surface area contributed by atoms with Gasteiger partial charge in [-0.15, -0.1) is 0 Å². The standard InChI is InChI=1S/C18H26FN3O/c19-15-5-3-14(4-6-15)13-22-11-7-16(8-12-22)21-17(23)18(20)9-1-2-10-18/h3-6,16H,1-2,7-13,20H2,(H,21,23). The summed E-state index contributed by atoms with van der Waals surface area (Å²) in [6.45, 7) is 2.72. The van der Waals surface area contributed by atoms with Crippen LogP contribution in [0.15, 0.2) is 24.3 Å². The molecule has 1 aliphatic heterocycles. The average molecular weight is 319 g/mol. The van der Waals surface area contributed by atoms with Gasteiger partial charge in [-0.25, -0.2) is 4.39 Å². The Morgan fingerprint density at radius 2 is 1.83 bits per heavy atom. The number of rotatable bonds is 4. The van der Waals surface area contributed by atoms with Crippen molar-refractivity contribution < 1.29 is 9.18 Å². The summed E-state index contributed by atoms with van der Waals surface area (Å²) >= 11 is 0. The molecule has 0 spiro atoms. The molecule has 3 rings (SSSR count). The Hall–Kier alpha value is -1.46. The summed E-state index contributed by atoms with van der Waals surface area (Å²) < 4.78 is 12.9. The maximum atomic E-state index is 12.9. The second kappa shape index (κ2) is 6.97. The van der Waals surface area contributed by atoms with Crippen molar-refractivity contribution >= 4 is 5.91 Å². The van der Waals surface area contributed by atoms with Crippen molar-refractivity contribution in [3.63, 3.8) is 0 Å². The van der Waals surface area contributed by atoms with Crippen LogP contribution in [-0.2, 0) is 11.3 Å². The molecule has 0 atom stereocenters. The Morgan fingerprint density at radius 1 is 1.22 bits per heavy atom. The lowest BCUT2D eigenvalue weighted by Gasteiger charge is -2.34. The lowest BCUT2D eigenvalue weighted by atomic mass is 9.96. The van der Waals surface area contributed by atoms with E-state index in [2.05, 4.69) is 10.2 Å². The zero-order valence-corrected chi connectivity index (χ0v) is 13.6. The summed E-state index contributed by atoms with van der Waals surface area (Å²) in [5.41, 5.74) is 6.70. The molecule has 0 unspecified atom stereocenters. The minimum atomic E-state index is -0.634. The van der Waals surface area contributed by atoms with Gasteiger partial charge in [0.2, 0.25) is 5.91 Å². The highest BCUT2D eigenvalue weighted by atomic mass is 19.1. The second-order valence-electron chi connectivity index (χ2n) is 7.01. The molecule has 3 N–H and O–H groups in total. The number of amides is 1. The molecule has 1 amide bonds. The van der Waals surface area contributed by atoms with Crippen LogP contribution in [0.2, 0.25) is 0 Å². The van der Waals surface area contributed by atoms with E-state index in [0.717, 1.165) is 63.7 Å². The van der Waals surface area contributed by atoms with Crippen molar-refractivity contribution in [3.05, 3.63) is 35.6 Å². The number of halogens is 1. The van der Waals surface area contributed by atoms with E-state index < -0.39 is 5.54 Å². The Kier molecular flexibility index (Phi) is 4.97. The first-order chi connectivity index (χ1) is 11.0. The van der Waals surface area contributed by atoms with Crippen molar-refractivity contribution in [3.8, 4) is 0 Å². The first-order valence-corrected chi connectivity index (χ1v) is 8.62. The van der Waals surface area contributed by atoms with Gasteiger partial charge in [0, 0.05) is 25.7 Å². The zero-order chi connectivity index (χ0) is 16.3. The lowest BCUT2D eigenvalue weighted by molar-refractivity contribution is -0.127. The van der Waals surface area contributed by atoms with E-state index in [0.29, 0.717) is 0 Å². The molecule has 23 heavy (non-hydrogen) atoms. The predicted molar refractivity (Wildman–Crippen MR) is 88.2 cm³/mol. The van der Waals surface area contributed by atoms with Gasteiger partial charge in [-0.2, -0.15) is 0 Å². The fourth-order valence-electron chi connectivity index (χ4n) is 3.65. The van der Waals surface area contributed by atoms with Gasteiger partial charge in [0.05, 0.1) is 5.54 Å². The van der Waals surface area contributed by atoms with E-state index in [1.807, 2.05) is 12.1 Å². The second-order valence-corrected chi connectivity index (χ2v) is 7.01. The number of hydrogen-bond acceptors (Lipinski definition) is 3. The minimum Gasteiger partial charge on any atom is -0.352 e. The molecule has 0 radical (unpaired) electrons. The van der Waals surface area contributed by atoms with Gasteiger partial charge in [-0.1, -0.05) is 25.0 Å². The summed E-state index contributed by atoms with van der Waals surface area (Å²) in [5.74, 6) is -0.162. The number of likely N-dealkylation sites (tertiary alicyclic amines) is 1. The molecule has 1 aliphatic carbocycles. The first-order valence-electron chi connectivity index (χ1n) is 8.62. The van der Waals surface area contributed by atoms with Crippen molar-refractivity contribution in [2.24, 2.45) is 5.73 Å². The summed E-state index contributed by atoms with van der Waals surface area (Å²) in [6.07, 6.45) is 5.62. The van der Waals surface area contributed by atoms with Crippen molar-refractivity contribution in [1.29, 1.82) is 0 Å². The molecule has 2 aliphatic rings. The van der Waals surface area contributed by atoms with Gasteiger partial charge in [0.15, 0.2) is 0 Å². The Balaban J connectivity index is 1.45. The van der Waals surface area contributed by atoms with Crippen LogP contribution in [0.3, 0.4) is 0 Å². The zero-order valence-electron chi connectivity index (χ0n) is 13.6. The van der Waals surface area contributed by atoms with Crippen molar-refractivity contribution in [2.75, 3.05) is 13.1 Å². The molecule has 0 bridgehead atoms. The molecule has 1 aromatic rings. The molecular weight excluding hydrogens is 293 g/mol. The third-order valence-corrected chi connectivity index (χ3v) is 5.19. The smallest absolute Gasteiger partial charge is 0.240 e. The van der Waals surface area contributed by atoms with Gasteiger partial charge in [0.25, 0.3) is 0 Å². The predicted octanol–water partition coefficient (Wildman–Crippen LogP) is 2.18. The van der Waals surface area contributed by atoms with E-state index >= 15 is 0 Å². The molecular formula is C18H26FN3O. The van der Waals surface area contributed by atoms with Crippen LogP contribution in [0.1, 0.15) is 44.1 Å². The Morgan fingerprint density at radius 3 is 2.43 bits per heavy atom. The Labute approximate surface area is 137 Å². The lowest BCUT2D eigenvalue weighted by Crippen LogP contribution is -2.56. The molecule has 1 heterocycles. The van der Waals surface area contributed by atoms with Crippen LogP contribution in [0.5, 0.6) is 0 Å². The number of nitrogens with one attached hydrogen (secondary N) is 1. The third-order valence-electron chi connectivity index (χ3n) is 5.19. The van der Waals surface area contributed by atoms with Crippen molar-refractivity contribution in [2.45, 2.75) is 56.7 Å². The van der Waals surface area contributed by atoms with E-state index in [-0.39, 0.29) is 17.8 Å². The van der Waals surface area contributed by atoms with Crippen LogP contribution in [0, 0.1) is 5.82 Å². The molecule has 2 fully saturated rings. The van der Waals surface area contributed by atoms with Gasteiger partial charge < -0.3 is 11.1 Å². The summed E-state index contributed by atoms with van der Waals surface area (Å²) in [5, 5.41) is 3.15. The first kappa shape index (κ1) is 16.4. The maximum Gasteiger partial charge on any atom is 0.240 e. The number of piperidine rings is 1. The molecule has 1 saturated heterocycles. The third kappa shape index (κ3) is 4.09. The van der Waals surface area contributed by atoms with E-state index in [9.17, 15) is 9.18 Å². The van der Waals surface area contributed by atoms with E-state index in [1.54, 1.807) is 0 Å². The summed E-state index contributed by atoms with van der Waals surface area (Å²) in [7, 11) is 0. The van der Waals surface area contributed by atoms with E-state index in [1.165, 1.54) is 12.1 Å². The number of carbonyl (C=O) groups is 1. The fraction of sp³-hybridized carbons (Fsp3) is 0.611. The summed E-state index contributed by atoms with van der Waals surface area (Å²) in [4.78, 5) is 14.7. The molecule has 5 heteroatoms. The normalized spacial score (nSPS) is 22.2. The number of hydrogen-bond donors (Lipinski definition) is 2. The average Bonchev–Trinajstić information content (AvgIpc) is 3.00. The monoisotopic (exact) mass is 319 g/mol. The SMILES string of the molecule is NC1(C(=O)NC2CCN(Cc3ccc(F)cc3)CC2)CCCC1. The minimum absolute atomic E-state index is 0.0342. The van der Waals surface area contributed by atoms with Gasteiger partial charge in [-0.3, -0.25) is 9.69 Å². The van der Waals surface area contributed by atoms with Crippen LogP contribution < -0.4 is 11.1 Å². The van der Waals surface area contributed by atoms with Gasteiger partial charge in [-0.05, 0) is 43.4 Å². The molecule has 126 valence electrons. The fourth-order valence-corrected chi connectivity index (χ4v) is 3.65. The van der Waals surface area contributed by atoms with Crippen LogP contribution in [-0.4, -0.2) is 35.5 Å². The number of carbonyl (C=O) groups excluding carboxylic acids is 1. The molecule has 4 nitrogen and oxygen atoms in total. The highest BCUT2D eigenvalue weighted by Crippen LogP contribution is 2.27. The number of nitrogens with zero attached hydrogens (tertiary/aromatic N) is 1. The largest absolute Gasteiger partial charge is 0.352 e. The highest BCUT2D eigenvalue weighted by Gasteiger charge is 2.38. The van der Waals surface area contributed by atoms with Gasteiger partial charge >= 0.3 is 0 Å². The van der Waals surface area contributed by atoms with Crippen LogP contribution >= 0.6 is 0 Å². The van der Waals surface area contributed by atoms with Crippen LogP contribution in [0.25, 0.3) is 0 Å². The van der Waals surface area contributed by atoms with Crippen LogP contribution in [0.4, 0.5) is 4.39 Å². The van der Waals surface area contributed by atoms with Gasteiger partial charge in [0.1, 0.15) is 5.82 Å². The highest BCUT2D eigenvalue weighted by molar-refractivity contribution is 5.86. The topological polar surface area (TPSA) is 58.4 Å². The number of benzene rings is 1. The Bertz CT molecular complexity index is 532. The summed E-state index contributed by atoms with van der Waals surface area (Å²) in [6, 6.07) is 6.91. The quantitative estimate of drug-likeness (QED) is 0.894. The molecule has 1 aromatic carbocycles. The maximum absolute atomic E-state index is 12.9. The molecule has 1 saturated carbocycles. The number of nitrogens with two attached hydrogens (primary N) is 1. The van der Waals surface area contributed by atoms with Crippen molar-refractivity contribution in [1.82, 2.24) is 10.2 Å².